The molecule has 0 saturated heterocycles. The number of hydrogen-bond acceptors (Lipinski definition) is 4. The van der Waals surface area contributed by atoms with Gasteiger partial charge in [-0.15, -0.1) is 0 Å². The maximum absolute atomic E-state index is 11.8. The molecular formula is C12H18N2O4S. The number of benzene rings is 1. The summed E-state index contributed by atoms with van der Waals surface area (Å²) in [4.78, 5) is 13.1. The van der Waals surface area contributed by atoms with Crippen LogP contribution < -0.4 is 9.04 Å². The molecule has 0 atom stereocenters. The largest absolute Gasteiger partial charge is 0.497 e. The van der Waals surface area contributed by atoms with Crippen molar-refractivity contribution in [2.24, 2.45) is 0 Å². The van der Waals surface area contributed by atoms with E-state index < -0.39 is 10.0 Å². The van der Waals surface area contributed by atoms with E-state index in [2.05, 4.69) is 0 Å². The average Bonchev–Trinajstić information content (AvgIpc) is 2.34. The summed E-state index contributed by atoms with van der Waals surface area (Å²) in [6.07, 6.45) is 1.06. The van der Waals surface area contributed by atoms with E-state index in [4.69, 9.17) is 4.74 Å². The highest BCUT2D eigenvalue weighted by atomic mass is 32.2. The first-order chi connectivity index (χ1) is 8.75. The Balaban J connectivity index is 3.14. The van der Waals surface area contributed by atoms with Crippen molar-refractivity contribution in [3.63, 3.8) is 0 Å². The quantitative estimate of drug-likeness (QED) is 0.793. The van der Waals surface area contributed by atoms with Gasteiger partial charge in [0.1, 0.15) is 12.3 Å². The summed E-state index contributed by atoms with van der Waals surface area (Å²) in [6, 6.07) is 6.57. The van der Waals surface area contributed by atoms with Gasteiger partial charge in [-0.3, -0.25) is 9.10 Å². The van der Waals surface area contributed by atoms with Crippen molar-refractivity contribution in [1.29, 1.82) is 0 Å². The number of carbonyl (C=O) groups excluding carboxylic acids is 1. The first-order valence-corrected chi connectivity index (χ1v) is 7.42. The van der Waals surface area contributed by atoms with E-state index in [1.54, 1.807) is 38.4 Å². The fourth-order valence-corrected chi connectivity index (χ4v) is 2.27. The third kappa shape index (κ3) is 4.13. The van der Waals surface area contributed by atoms with Gasteiger partial charge in [0.2, 0.25) is 15.9 Å². The Morgan fingerprint density at radius 1 is 1.32 bits per heavy atom. The molecule has 6 nitrogen and oxygen atoms in total. The minimum Gasteiger partial charge on any atom is -0.497 e. The van der Waals surface area contributed by atoms with Gasteiger partial charge >= 0.3 is 0 Å². The van der Waals surface area contributed by atoms with Crippen molar-refractivity contribution in [3.05, 3.63) is 24.3 Å². The third-order valence-corrected chi connectivity index (χ3v) is 3.66. The molecule has 0 saturated carbocycles. The number of nitrogens with zero attached hydrogens (tertiary/aromatic N) is 2. The predicted octanol–water partition coefficient (Wildman–Crippen LogP) is 0.549. The zero-order chi connectivity index (χ0) is 14.6. The Labute approximate surface area is 113 Å². The molecule has 106 valence electrons. The van der Waals surface area contributed by atoms with Gasteiger partial charge in [0.05, 0.1) is 19.1 Å². The van der Waals surface area contributed by atoms with Crippen molar-refractivity contribution < 1.29 is 17.9 Å². The second-order valence-corrected chi connectivity index (χ2v) is 6.17. The Hall–Kier alpha value is -1.76. The molecule has 1 rings (SSSR count). The molecule has 0 spiro atoms. The minimum absolute atomic E-state index is 0.237. The normalized spacial score (nSPS) is 10.9. The topological polar surface area (TPSA) is 66.9 Å². The second-order valence-electron chi connectivity index (χ2n) is 4.26. The molecular weight excluding hydrogens is 268 g/mol. The lowest BCUT2D eigenvalue weighted by molar-refractivity contribution is -0.127. The molecule has 0 radical (unpaired) electrons. The summed E-state index contributed by atoms with van der Waals surface area (Å²) in [5.41, 5.74) is 0.400. The summed E-state index contributed by atoms with van der Waals surface area (Å²) in [5, 5.41) is 0. The first kappa shape index (κ1) is 15.3. The van der Waals surface area contributed by atoms with Crippen molar-refractivity contribution >= 4 is 21.6 Å². The van der Waals surface area contributed by atoms with E-state index in [1.165, 1.54) is 12.0 Å². The van der Waals surface area contributed by atoms with Crippen LogP contribution in [0.2, 0.25) is 0 Å². The van der Waals surface area contributed by atoms with Crippen LogP contribution in [-0.2, 0) is 14.8 Å². The molecule has 0 N–H and O–H groups in total. The van der Waals surface area contributed by atoms with E-state index >= 15 is 0 Å². The molecule has 1 aromatic rings. The average molecular weight is 286 g/mol. The Kier molecular flexibility index (Phi) is 4.77. The van der Waals surface area contributed by atoms with Gasteiger partial charge in [-0.25, -0.2) is 8.42 Å². The Morgan fingerprint density at radius 3 is 2.42 bits per heavy atom. The maximum atomic E-state index is 11.8. The van der Waals surface area contributed by atoms with E-state index in [-0.39, 0.29) is 12.5 Å². The zero-order valence-electron chi connectivity index (χ0n) is 11.5. The van der Waals surface area contributed by atoms with Crippen LogP contribution in [0.3, 0.4) is 0 Å². The summed E-state index contributed by atoms with van der Waals surface area (Å²) in [7, 11) is 1.11. The van der Waals surface area contributed by atoms with E-state index in [9.17, 15) is 13.2 Å². The van der Waals surface area contributed by atoms with Crippen molar-refractivity contribution in [3.8, 4) is 5.75 Å². The summed E-state index contributed by atoms with van der Waals surface area (Å²) < 4.78 is 29.7. The van der Waals surface area contributed by atoms with Gasteiger partial charge in [0.15, 0.2) is 0 Å². The van der Waals surface area contributed by atoms with E-state index in [0.717, 1.165) is 10.6 Å². The van der Waals surface area contributed by atoms with Crippen LogP contribution in [0, 0.1) is 0 Å². The molecule has 0 aliphatic rings. The Bertz CT molecular complexity index is 555. The number of hydrogen-bond donors (Lipinski definition) is 0. The molecule has 0 bridgehead atoms. The lowest BCUT2D eigenvalue weighted by Crippen LogP contribution is -2.39. The van der Waals surface area contributed by atoms with Gasteiger partial charge < -0.3 is 9.64 Å². The van der Waals surface area contributed by atoms with Crippen LogP contribution in [0.25, 0.3) is 0 Å². The molecule has 0 aromatic heterocycles. The number of rotatable bonds is 5. The second kappa shape index (κ2) is 5.92. The predicted molar refractivity (Wildman–Crippen MR) is 73.9 cm³/mol. The van der Waals surface area contributed by atoms with Crippen LogP contribution >= 0.6 is 0 Å². The smallest absolute Gasteiger partial charge is 0.242 e. The number of methoxy groups -OCH3 is 1. The number of amides is 1. The number of likely N-dealkylation sites (N-methyl/N-ethyl adjacent to an activating group) is 1. The highest BCUT2D eigenvalue weighted by Crippen LogP contribution is 2.22. The number of ether oxygens (including phenoxy) is 1. The Morgan fingerprint density at radius 2 is 1.95 bits per heavy atom. The highest BCUT2D eigenvalue weighted by Gasteiger charge is 2.21. The van der Waals surface area contributed by atoms with Gasteiger partial charge in [-0.2, -0.15) is 0 Å². The van der Waals surface area contributed by atoms with E-state index in [0.29, 0.717) is 11.4 Å². The van der Waals surface area contributed by atoms with Crippen LogP contribution in [0.15, 0.2) is 24.3 Å². The minimum atomic E-state index is -3.54. The highest BCUT2D eigenvalue weighted by molar-refractivity contribution is 7.92. The van der Waals surface area contributed by atoms with E-state index in [1.807, 2.05) is 0 Å². The van der Waals surface area contributed by atoms with Gasteiger partial charge in [-0.1, -0.05) is 6.07 Å². The molecule has 0 aliphatic carbocycles. The van der Waals surface area contributed by atoms with Gasteiger partial charge in [0.25, 0.3) is 0 Å². The van der Waals surface area contributed by atoms with Crippen LogP contribution in [0.1, 0.15) is 0 Å². The maximum Gasteiger partial charge on any atom is 0.242 e. The van der Waals surface area contributed by atoms with Crippen molar-refractivity contribution in [2.75, 3.05) is 38.3 Å². The summed E-state index contributed by atoms with van der Waals surface area (Å²) in [5.74, 6) is 0.233. The van der Waals surface area contributed by atoms with Crippen LogP contribution in [0.4, 0.5) is 5.69 Å². The number of anilines is 1. The molecule has 1 aromatic carbocycles. The fourth-order valence-electron chi connectivity index (χ4n) is 1.43. The van der Waals surface area contributed by atoms with Gasteiger partial charge in [0, 0.05) is 20.2 Å². The third-order valence-electron chi connectivity index (χ3n) is 2.52. The molecule has 1 amide bonds. The first-order valence-electron chi connectivity index (χ1n) is 5.57. The monoisotopic (exact) mass is 286 g/mol. The molecule has 19 heavy (non-hydrogen) atoms. The SMILES string of the molecule is COc1cccc(N(CC(=O)N(C)C)S(C)(=O)=O)c1. The molecule has 0 aliphatic heterocycles. The molecule has 0 heterocycles. The summed E-state index contributed by atoms with van der Waals surface area (Å²) in [6.45, 7) is -0.237. The van der Waals surface area contributed by atoms with Crippen molar-refractivity contribution in [1.82, 2.24) is 4.90 Å². The van der Waals surface area contributed by atoms with Gasteiger partial charge in [-0.05, 0) is 12.1 Å². The lowest BCUT2D eigenvalue weighted by atomic mass is 10.3. The number of sulfonamides is 1. The molecule has 0 unspecified atom stereocenters. The lowest BCUT2D eigenvalue weighted by Gasteiger charge is -2.23. The standard InChI is InChI=1S/C12H18N2O4S/c1-13(2)12(15)9-14(19(4,16)17)10-6-5-7-11(8-10)18-3/h5-8H,9H2,1-4H3. The molecule has 0 fully saturated rings. The molecule has 7 heteroatoms. The fraction of sp³-hybridized carbons (Fsp3) is 0.417. The van der Waals surface area contributed by atoms with Crippen LogP contribution in [0.5, 0.6) is 5.75 Å². The summed E-state index contributed by atoms with van der Waals surface area (Å²) >= 11 is 0. The van der Waals surface area contributed by atoms with Crippen molar-refractivity contribution in [2.45, 2.75) is 0 Å². The zero-order valence-corrected chi connectivity index (χ0v) is 12.3. The number of carbonyl (C=O) groups is 1. The van der Waals surface area contributed by atoms with Crippen LogP contribution in [-0.4, -0.2) is 53.2 Å².